The van der Waals surface area contributed by atoms with Crippen LogP contribution in [0.5, 0.6) is 0 Å². The van der Waals surface area contributed by atoms with Gasteiger partial charge < -0.3 is 9.40 Å². The third-order valence-corrected chi connectivity index (χ3v) is 5.81. The van der Waals surface area contributed by atoms with Crippen molar-refractivity contribution in [1.82, 2.24) is 15.0 Å². The molecule has 4 nitrogen and oxygen atoms in total. The van der Waals surface area contributed by atoms with Crippen molar-refractivity contribution in [3.8, 4) is 33.4 Å². The Morgan fingerprint density at radius 1 is 1.18 bits per heavy atom. The minimum atomic E-state index is -0.356. The molecule has 0 fully saturated rings. The van der Waals surface area contributed by atoms with Crippen LogP contribution in [0.25, 0.3) is 44.3 Å². The monoisotopic (exact) mass is 409 g/mol. The number of aromatic amines is 1. The Morgan fingerprint density at radius 2 is 2.07 bits per heavy atom. The highest BCUT2D eigenvalue weighted by Gasteiger charge is 2.16. The van der Waals surface area contributed by atoms with Gasteiger partial charge in [-0.1, -0.05) is 23.7 Å². The first-order valence-corrected chi connectivity index (χ1v) is 9.74. The predicted octanol–water partition coefficient (Wildman–Crippen LogP) is 6.71. The topological polar surface area (TPSA) is 54.7 Å². The third kappa shape index (κ3) is 2.82. The van der Waals surface area contributed by atoms with Gasteiger partial charge in [0.15, 0.2) is 5.01 Å². The number of rotatable bonds is 3. The second-order valence-corrected chi connectivity index (χ2v) is 7.95. The molecule has 0 saturated heterocycles. The lowest BCUT2D eigenvalue weighted by molar-refractivity contribution is 0.574. The van der Waals surface area contributed by atoms with Crippen molar-refractivity contribution in [1.29, 1.82) is 0 Å². The minimum Gasteiger partial charge on any atom is -0.443 e. The molecule has 0 saturated carbocycles. The Balaban J connectivity index is 1.60. The van der Waals surface area contributed by atoms with Crippen LogP contribution in [-0.4, -0.2) is 15.0 Å². The van der Waals surface area contributed by atoms with Gasteiger partial charge in [-0.3, -0.25) is 0 Å². The molecule has 7 heteroatoms. The molecule has 0 bridgehead atoms. The zero-order valence-corrected chi connectivity index (χ0v) is 16.2. The van der Waals surface area contributed by atoms with E-state index in [2.05, 4.69) is 9.97 Å². The standard InChI is InChI=1S/C21H13ClFN3OS/c1-11-19(26-21(28-11)20-24-7-8-27-20)12-5-6-16-13(9-12)10-17(25-16)18-14(22)3-2-4-15(18)23/h2-10,25H,1H3. The van der Waals surface area contributed by atoms with Crippen molar-refractivity contribution in [2.45, 2.75) is 6.92 Å². The van der Waals surface area contributed by atoms with Crippen LogP contribution in [0.2, 0.25) is 5.02 Å². The van der Waals surface area contributed by atoms with Crippen molar-refractivity contribution >= 4 is 33.8 Å². The first-order chi connectivity index (χ1) is 13.6. The maximum Gasteiger partial charge on any atom is 0.255 e. The number of oxazole rings is 1. The average Bonchev–Trinajstić information content (AvgIpc) is 3.40. The van der Waals surface area contributed by atoms with Crippen molar-refractivity contribution in [2.75, 3.05) is 0 Å². The van der Waals surface area contributed by atoms with Gasteiger partial charge in [-0.05, 0) is 37.3 Å². The van der Waals surface area contributed by atoms with Crippen LogP contribution >= 0.6 is 22.9 Å². The normalized spacial score (nSPS) is 11.4. The van der Waals surface area contributed by atoms with E-state index in [1.165, 1.54) is 23.7 Å². The number of H-pyrrole nitrogens is 1. The predicted molar refractivity (Wildman–Crippen MR) is 110 cm³/mol. The van der Waals surface area contributed by atoms with Crippen molar-refractivity contribution in [3.63, 3.8) is 0 Å². The lowest BCUT2D eigenvalue weighted by Gasteiger charge is -2.02. The fraction of sp³-hybridized carbons (Fsp3) is 0.0476. The quantitative estimate of drug-likeness (QED) is 0.360. The summed E-state index contributed by atoms with van der Waals surface area (Å²) < 4.78 is 19.6. The summed E-state index contributed by atoms with van der Waals surface area (Å²) >= 11 is 7.74. The molecule has 0 aliphatic carbocycles. The number of hydrogen-bond acceptors (Lipinski definition) is 4. The maximum absolute atomic E-state index is 14.3. The van der Waals surface area contributed by atoms with Gasteiger partial charge >= 0.3 is 0 Å². The molecule has 0 atom stereocenters. The summed E-state index contributed by atoms with van der Waals surface area (Å²) in [6, 6.07) is 12.6. The van der Waals surface area contributed by atoms with E-state index in [1.807, 2.05) is 31.2 Å². The van der Waals surface area contributed by atoms with Gasteiger partial charge in [-0.2, -0.15) is 0 Å². The zero-order chi connectivity index (χ0) is 19.3. The zero-order valence-electron chi connectivity index (χ0n) is 14.7. The third-order valence-electron chi connectivity index (χ3n) is 4.54. The molecule has 0 radical (unpaired) electrons. The maximum atomic E-state index is 14.3. The lowest BCUT2D eigenvalue weighted by atomic mass is 10.1. The largest absolute Gasteiger partial charge is 0.443 e. The lowest BCUT2D eigenvalue weighted by Crippen LogP contribution is -1.85. The van der Waals surface area contributed by atoms with Gasteiger partial charge in [0.25, 0.3) is 5.89 Å². The first-order valence-electron chi connectivity index (χ1n) is 8.55. The summed E-state index contributed by atoms with van der Waals surface area (Å²) in [6.45, 7) is 2.02. The number of thiazole rings is 1. The van der Waals surface area contributed by atoms with Crippen molar-refractivity contribution in [2.24, 2.45) is 0 Å². The summed E-state index contributed by atoms with van der Waals surface area (Å²) in [6.07, 6.45) is 3.14. The van der Waals surface area contributed by atoms with Crippen LogP contribution in [-0.2, 0) is 0 Å². The Labute approximate surface area is 168 Å². The summed E-state index contributed by atoms with van der Waals surface area (Å²) in [5.41, 5.74) is 3.78. The molecule has 0 amide bonds. The van der Waals surface area contributed by atoms with Crippen molar-refractivity contribution in [3.05, 3.63) is 70.6 Å². The molecule has 0 aliphatic heterocycles. The van der Waals surface area contributed by atoms with Gasteiger partial charge in [0.2, 0.25) is 0 Å². The van der Waals surface area contributed by atoms with Crippen LogP contribution < -0.4 is 0 Å². The van der Waals surface area contributed by atoms with E-state index < -0.39 is 0 Å². The number of nitrogens with zero attached hydrogens (tertiary/aromatic N) is 2. The molecule has 2 aromatic carbocycles. The fourth-order valence-corrected chi connectivity index (χ4v) is 4.39. The molecule has 0 unspecified atom stereocenters. The van der Waals surface area contributed by atoms with E-state index in [9.17, 15) is 4.39 Å². The van der Waals surface area contributed by atoms with Gasteiger partial charge in [0.1, 0.15) is 12.1 Å². The van der Waals surface area contributed by atoms with Gasteiger partial charge in [-0.25, -0.2) is 14.4 Å². The minimum absolute atomic E-state index is 0.356. The Bertz CT molecular complexity index is 1290. The highest BCUT2D eigenvalue weighted by Crippen LogP contribution is 2.36. The molecule has 1 N–H and O–H groups in total. The average molecular weight is 410 g/mol. The van der Waals surface area contributed by atoms with E-state index in [-0.39, 0.29) is 5.82 Å². The first kappa shape index (κ1) is 17.2. The molecule has 3 heterocycles. The van der Waals surface area contributed by atoms with E-state index in [4.69, 9.17) is 21.0 Å². The van der Waals surface area contributed by atoms with E-state index in [1.54, 1.807) is 18.3 Å². The highest BCUT2D eigenvalue weighted by atomic mass is 35.5. The van der Waals surface area contributed by atoms with Crippen LogP contribution in [0.3, 0.4) is 0 Å². The second kappa shape index (κ2) is 6.58. The smallest absolute Gasteiger partial charge is 0.255 e. The molecular weight excluding hydrogens is 397 g/mol. The van der Waals surface area contributed by atoms with E-state index in [0.717, 1.165) is 32.0 Å². The summed E-state index contributed by atoms with van der Waals surface area (Å²) in [5, 5.41) is 2.07. The molecule has 138 valence electrons. The van der Waals surface area contributed by atoms with Crippen LogP contribution in [0.15, 0.2) is 59.3 Å². The molecule has 3 aromatic heterocycles. The molecule has 0 spiro atoms. The van der Waals surface area contributed by atoms with Crippen LogP contribution in [0, 0.1) is 12.7 Å². The van der Waals surface area contributed by atoms with Gasteiger partial charge in [0, 0.05) is 21.3 Å². The molecule has 5 aromatic rings. The van der Waals surface area contributed by atoms with Gasteiger partial charge in [0.05, 0.1) is 28.2 Å². The molecule has 0 aliphatic rings. The van der Waals surface area contributed by atoms with E-state index >= 15 is 0 Å². The summed E-state index contributed by atoms with van der Waals surface area (Å²) in [7, 11) is 0. The van der Waals surface area contributed by atoms with E-state index in [0.29, 0.717) is 22.2 Å². The number of fused-ring (bicyclic) bond motifs is 1. The molecule has 5 rings (SSSR count). The summed E-state index contributed by atoms with van der Waals surface area (Å²) in [5.74, 6) is 0.156. The number of aryl methyl sites for hydroxylation is 1. The Hall–Kier alpha value is -2.96. The summed E-state index contributed by atoms with van der Waals surface area (Å²) in [4.78, 5) is 13.2. The fourth-order valence-electron chi connectivity index (χ4n) is 3.25. The second-order valence-electron chi connectivity index (χ2n) is 6.34. The Kier molecular flexibility index (Phi) is 4.03. The Morgan fingerprint density at radius 3 is 2.86 bits per heavy atom. The molecular formula is C21H13ClFN3OS. The van der Waals surface area contributed by atoms with Crippen molar-refractivity contribution < 1.29 is 8.81 Å². The number of hydrogen-bond donors (Lipinski definition) is 1. The number of aromatic nitrogens is 3. The number of halogens is 2. The number of nitrogens with one attached hydrogen (secondary N) is 1. The SMILES string of the molecule is Cc1sc(-c2ncco2)nc1-c1ccc2[nH]c(-c3c(F)cccc3Cl)cc2c1. The number of benzene rings is 2. The highest BCUT2D eigenvalue weighted by molar-refractivity contribution is 7.15. The van der Waals surface area contributed by atoms with Crippen LogP contribution in [0.1, 0.15) is 4.88 Å². The van der Waals surface area contributed by atoms with Gasteiger partial charge in [-0.15, -0.1) is 11.3 Å². The van der Waals surface area contributed by atoms with Crippen LogP contribution in [0.4, 0.5) is 4.39 Å². The molecule has 28 heavy (non-hydrogen) atoms.